The summed E-state index contributed by atoms with van der Waals surface area (Å²) < 4.78 is 5.21. The number of likely N-dealkylation sites (tertiary alicyclic amines) is 1. The van der Waals surface area contributed by atoms with Crippen LogP contribution in [0.15, 0.2) is 54.6 Å². The number of aliphatic hydroxyl groups excluding tert-OH is 1. The Bertz CT molecular complexity index is 686. The summed E-state index contributed by atoms with van der Waals surface area (Å²) in [5.74, 6) is 0.692. The minimum Gasteiger partial charge on any atom is -0.497 e. The van der Waals surface area contributed by atoms with Crippen LogP contribution in [0.2, 0.25) is 0 Å². The van der Waals surface area contributed by atoms with Gasteiger partial charge in [0.2, 0.25) is 0 Å². The van der Waals surface area contributed by atoms with Crippen molar-refractivity contribution in [1.29, 1.82) is 0 Å². The summed E-state index contributed by atoms with van der Waals surface area (Å²) in [6, 6.07) is 16.9. The number of carbonyl (C=O) groups excluding carboxylic acids is 1. The zero-order chi connectivity index (χ0) is 16.9. The van der Waals surface area contributed by atoms with Crippen LogP contribution in [0.1, 0.15) is 41.3 Å². The van der Waals surface area contributed by atoms with Gasteiger partial charge in [-0.2, -0.15) is 0 Å². The van der Waals surface area contributed by atoms with Gasteiger partial charge in [-0.15, -0.1) is 0 Å². The Morgan fingerprint density at radius 3 is 2.79 bits per heavy atom. The van der Waals surface area contributed by atoms with Crippen LogP contribution in [-0.2, 0) is 0 Å². The predicted molar refractivity (Wildman–Crippen MR) is 93.1 cm³/mol. The van der Waals surface area contributed by atoms with Crippen LogP contribution < -0.4 is 4.74 Å². The Morgan fingerprint density at radius 1 is 1.25 bits per heavy atom. The quantitative estimate of drug-likeness (QED) is 0.916. The first-order chi connectivity index (χ1) is 11.7. The molecule has 0 aromatic heterocycles. The summed E-state index contributed by atoms with van der Waals surface area (Å²) in [6.07, 6.45) is 1.93. The van der Waals surface area contributed by atoms with Crippen LogP contribution >= 0.6 is 0 Å². The zero-order valence-corrected chi connectivity index (χ0v) is 13.9. The average Bonchev–Trinajstić information content (AvgIpc) is 3.10. The van der Waals surface area contributed by atoms with Crippen LogP contribution in [-0.4, -0.2) is 35.6 Å². The van der Waals surface area contributed by atoms with E-state index in [-0.39, 0.29) is 11.9 Å². The first-order valence-electron chi connectivity index (χ1n) is 8.37. The van der Waals surface area contributed by atoms with Crippen molar-refractivity contribution < 1.29 is 14.6 Å². The highest BCUT2D eigenvalue weighted by molar-refractivity contribution is 5.95. The van der Waals surface area contributed by atoms with Gasteiger partial charge in [0.25, 0.3) is 5.91 Å². The predicted octanol–water partition coefficient (Wildman–Crippen LogP) is 3.42. The summed E-state index contributed by atoms with van der Waals surface area (Å²) in [5.41, 5.74) is 1.54. The molecule has 1 aliphatic heterocycles. The molecular weight excluding hydrogens is 302 g/mol. The van der Waals surface area contributed by atoms with Crippen molar-refractivity contribution in [2.75, 3.05) is 13.7 Å². The van der Waals surface area contributed by atoms with E-state index in [4.69, 9.17) is 4.74 Å². The van der Waals surface area contributed by atoms with E-state index in [0.29, 0.717) is 17.7 Å². The van der Waals surface area contributed by atoms with Gasteiger partial charge in [-0.3, -0.25) is 4.79 Å². The van der Waals surface area contributed by atoms with Gasteiger partial charge in [0.05, 0.1) is 13.2 Å². The molecule has 1 aliphatic rings. The SMILES string of the molecule is COc1cccc(C(=O)N2CCCC2CC(O)c2ccccc2)c1. The van der Waals surface area contributed by atoms with Crippen LogP contribution in [0, 0.1) is 0 Å². The van der Waals surface area contributed by atoms with E-state index >= 15 is 0 Å². The van der Waals surface area contributed by atoms with Crippen LogP contribution in [0.4, 0.5) is 0 Å². The Hall–Kier alpha value is -2.33. The lowest BCUT2D eigenvalue weighted by Crippen LogP contribution is -2.36. The lowest BCUT2D eigenvalue weighted by atomic mass is 10.00. The number of rotatable bonds is 5. The molecule has 126 valence electrons. The number of hydrogen-bond donors (Lipinski definition) is 1. The molecule has 1 N–H and O–H groups in total. The highest BCUT2D eigenvalue weighted by Crippen LogP contribution is 2.29. The van der Waals surface area contributed by atoms with Crippen LogP contribution in [0.25, 0.3) is 0 Å². The first kappa shape index (κ1) is 16.5. The van der Waals surface area contributed by atoms with Gasteiger partial charge in [0.15, 0.2) is 0 Å². The fraction of sp³-hybridized carbons (Fsp3) is 0.350. The van der Waals surface area contributed by atoms with Gasteiger partial charge in [-0.25, -0.2) is 0 Å². The molecule has 1 amide bonds. The van der Waals surface area contributed by atoms with Crippen molar-refractivity contribution in [3.05, 3.63) is 65.7 Å². The van der Waals surface area contributed by atoms with Gasteiger partial charge in [0.1, 0.15) is 5.75 Å². The highest BCUT2D eigenvalue weighted by Gasteiger charge is 2.31. The molecule has 1 heterocycles. The minimum atomic E-state index is -0.546. The summed E-state index contributed by atoms with van der Waals surface area (Å²) in [7, 11) is 1.60. The third-order valence-electron chi connectivity index (χ3n) is 4.63. The maximum atomic E-state index is 12.8. The summed E-state index contributed by atoms with van der Waals surface area (Å²) >= 11 is 0. The van der Waals surface area contributed by atoms with Crippen LogP contribution in [0.5, 0.6) is 5.75 Å². The number of benzene rings is 2. The molecule has 1 fully saturated rings. The van der Waals surface area contributed by atoms with Crippen molar-refractivity contribution >= 4 is 5.91 Å². The number of hydrogen-bond acceptors (Lipinski definition) is 3. The van der Waals surface area contributed by atoms with E-state index < -0.39 is 6.10 Å². The fourth-order valence-corrected chi connectivity index (χ4v) is 3.34. The number of nitrogens with zero attached hydrogens (tertiary/aromatic N) is 1. The molecule has 24 heavy (non-hydrogen) atoms. The van der Waals surface area contributed by atoms with Gasteiger partial charge in [-0.1, -0.05) is 36.4 Å². The molecule has 1 saturated heterocycles. The van der Waals surface area contributed by atoms with E-state index in [2.05, 4.69) is 0 Å². The van der Waals surface area contributed by atoms with Crippen molar-refractivity contribution in [3.8, 4) is 5.75 Å². The second-order valence-corrected chi connectivity index (χ2v) is 6.19. The van der Waals surface area contributed by atoms with Gasteiger partial charge in [0, 0.05) is 18.2 Å². The molecule has 2 aromatic carbocycles. The van der Waals surface area contributed by atoms with E-state index in [1.807, 2.05) is 53.4 Å². The summed E-state index contributed by atoms with van der Waals surface area (Å²) in [4.78, 5) is 14.7. The topological polar surface area (TPSA) is 49.8 Å². The Morgan fingerprint density at radius 2 is 2.04 bits per heavy atom. The summed E-state index contributed by atoms with van der Waals surface area (Å²) in [5, 5.41) is 10.5. The Kier molecular flexibility index (Phi) is 5.16. The lowest BCUT2D eigenvalue weighted by Gasteiger charge is -2.27. The van der Waals surface area contributed by atoms with E-state index in [1.54, 1.807) is 13.2 Å². The van der Waals surface area contributed by atoms with Crippen molar-refractivity contribution in [1.82, 2.24) is 4.90 Å². The molecule has 0 saturated carbocycles. The van der Waals surface area contributed by atoms with E-state index in [9.17, 15) is 9.90 Å². The van der Waals surface area contributed by atoms with E-state index in [1.165, 1.54) is 0 Å². The van der Waals surface area contributed by atoms with Crippen LogP contribution in [0.3, 0.4) is 0 Å². The molecule has 0 bridgehead atoms. The third kappa shape index (κ3) is 3.60. The maximum Gasteiger partial charge on any atom is 0.254 e. The largest absolute Gasteiger partial charge is 0.497 e. The second-order valence-electron chi connectivity index (χ2n) is 6.19. The molecule has 0 aliphatic carbocycles. The second kappa shape index (κ2) is 7.49. The van der Waals surface area contributed by atoms with Crippen molar-refractivity contribution in [2.45, 2.75) is 31.4 Å². The molecule has 2 aromatic rings. The molecule has 0 spiro atoms. The molecule has 2 atom stereocenters. The molecule has 4 heteroatoms. The normalized spacial score (nSPS) is 18.4. The molecule has 2 unspecified atom stereocenters. The molecule has 0 radical (unpaired) electrons. The third-order valence-corrected chi connectivity index (χ3v) is 4.63. The minimum absolute atomic E-state index is 0.0108. The average molecular weight is 325 g/mol. The number of ether oxygens (including phenoxy) is 1. The fourth-order valence-electron chi connectivity index (χ4n) is 3.34. The summed E-state index contributed by atoms with van der Waals surface area (Å²) in [6.45, 7) is 0.738. The Balaban J connectivity index is 1.71. The maximum absolute atomic E-state index is 12.8. The smallest absolute Gasteiger partial charge is 0.254 e. The van der Waals surface area contributed by atoms with E-state index in [0.717, 1.165) is 24.9 Å². The number of methoxy groups -OCH3 is 1. The van der Waals surface area contributed by atoms with Gasteiger partial charge < -0.3 is 14.7 Å². The molecule has 4 nitrogen and oxygen atoms in total. The Labute approximate surface area is 142 Å². The highest BCUT2D eigenvalue weighted by atomic mass is 16.5. The number of amides is 1. The monoisotopic (exact) mass is 325 g/mol. The number of carbonyl (C=O) groups is 1. The zero-order valence-electron chi connectivity index (χ0n) is 13.9. The standard InChI is InChI=1S/C20H23NO3/c1-24-18-11-5-9-16(13-18)20(23)21-12-6-10-17(21)14-19(22)15-7-3-2-4-8-15/h2-5,7-9,11,13,17,19,22H,6,10,12,14H2,1H3. The number of aliphatic hydroxyl groups is 1. The van der Waals surface area contributed by atoms with Crippen molar-refractivity contribution in [3.63, 3.8) is 0 Å². The molecule has 3 rings (SSSR count). The van der Waals surface area contributed by atoms with Crippen molar-refractivity contribution in [2.24, 2.45) is 0 Å². The first-order valence-corrected chi connectivity index (χ1v) is 8.37. The van der Waals surface area contributed by atoms with Gasteiger partial charge >= 0.3 is 0 Å². The van der Waals surface area contributed by atoms with Gasteiger partial charge in [-0.05, 0) is 43.0 Å². The molecular formula is C20H23NO3. The lowest BCUT2D eigenvalue weighted by molar-refractivity contribution is 0.0666.